The third-order valence-electron chi connectivity index (χ3n) is 7.07. The maximum atomic E-state index is 2.45. The standard InChI is InChI=1S/C13H22.C7H16.C6H14/c1-8(2)13-11-4-9-3-10(6-11)7-12(13)5-9;1-4-5-6-7(2)3;1-4-5-6(2)3/h8-13H,3-7H2,1-2H3;7H,4-6H2,1-3H3;6H,4-5H2,1-3H3. The molecule has 0 heteroatoms. The minimum absolute atomic E-state index is 0.898. The first-order valence-electron chi connectivity index (χ1n) is 12.3. The van der Waals surface area contributed by atoms with Crippen LogP contribution in [0.25, 0.3) is 0 Å². The lowest BCUT2D eigenvalue weighted by Gasteiger charge is -2.55. The average molecular weight is 365 g/mol. The molecule has 0 amide bonds. The molecule has 0 aromatic carbocycles. The molecule has 0 aromatic rings. The number of hydrogen-bond acceptors (Lipinski definition) is 0. The second-order valence-corrected chi connectivity index (χ2v) is 11.0. The van der Waals surface area contributed by atoms with Crippen LogP contribution in [0.5, 0.6) is 0 Å². The molecular weight excluding hydrogens is 312 g/mol. The van der Waals surface area contributed by atoms with Crippen LogP contribution in [0.3, 0.4) is 0 Å². The van der Waals surface area contributed by atoms with Crippen molar-refractivity contribution in [1.29, 1.82) is 0 Å². The minimum Gasteiger partial charge on any atom is -0.0654 e. The highest BCUT2D eigenvalue weighted by atomic mass is 14.5. The van der Waals surface area contributed by atoms with Crippen LogP contribution in [-0.4, -0.2) is 0 Å². The molecule has 26 heavy (non-hydrogen) atoms. The summed E-state index contributed by atoms with van der Waals surface area (Å²) in [6.07, 6.45) is 14.8. The van der Waals surface area contributed by atoms with Crippen molar-refractivity contribution in [1.82, 2.24) is 0 Å². The molecule has 156 valence electrons. The molecular formula is C26H52. The maximum absolute atomic E-state index is 2.45. The van der Waals surface area contributed by atoms with Gasteiger partial charge in [-0.05, 0) is 79.4 Å². The molecule has 0 N–H and O–H groups in total. The molecule has 4 bridgehead atoms. The molecule has 0 nitrogen and oxygen atoms in total. The Hall–Kier alpha value is 0. The first-order chi connectivity index (χ1) is 12.3. The van der Waals surface area contributed by atoms with Gasteiger partial charge in [0.15, 0.2) is 0 Å². The second kappa shape index (κ2) is 12.5. The number of unbranched alkanes of at least 4 members (excludes halogenated alkanes) is 1. The van der Waals surface area contributed by atoms with E-state index in [1.165, 1.54) is 32.1 Å². The van der Waals surface area contributed by atoms with E-state index in [-0.39, 0.29) is 0 Å². The van der Waals surface area contributed by atoms with Crippen LogP contribution >= 0.6 is 0 Å². The number of rotatable bonds is 6. The van der Waals surface area contributed by atoms with Crippen molar-refractivity contribution in [2.24, 2.45) is 47.3 Å². The Morgan fingerprint density at radius 3 is 1.31 bits per heavy atom. The van der Waals surface area contributed by atoms with Crippen molar-refractivity contribution in [3.05, 3.63) is 0 Å². The SMILES string of the molecule is CC(C)C1C2CC3CC(C2)CC1C3.CCCC(C)C.CCCCC(C)C. The van der Waals surface area contributed by atoms with E-state index >= 15 is 0 Å². The van der Waals surface area contributed by atoms with Gasteiger partial charge in [-0.2, -0.15) is 0 Å². The molecule has 4 aliphatic carbocycles. The average Bonchev–Trinajstić information content (AvgIpc) is 2.52. The van der Waals surface area contributed by atoms with Crippen molar-refractivity contribution in [3.63, 3.8) is 0 Å². The fourth-order valence-corrected chi connectivity index (χ4v) is 6.25. The normalized spacial score (nSPS) is 31.7. The van der Waals surface area contributed by atoms with Gasteiger partial charge < -0.3 is 0 Å². The highest BCUT2D eigenvalue weighted by Gasteiger charge is 2.48. The smallest absolute Gasteiger partial charge is 0.0334 e. The van der Waals surface area contributed by atoms with Crippen molar-refractivity contribution >= 4 is 0 Å². The van der Waals surface area contributed by atoms with Gasteiger partial charge in [0.1, 0.15) is 0 Å². The summed E-state index contributed by atoms with van der Waals surface area (Å²) in [6, 6.07) is 0. The van der Waals surface area contributed by atoms with Crippen LogP contribution in [0.1, 0.15) is 120 Å². The van der Waals surface area contributed by atoms with E-state index in [0.29, 0.717) is 0 Å². The van der Waals surface area contributed by atoms with Crippen molar-refractivity contribution < 1.29 is 0 Å². The Bertz CT molecular complexity index is 310. The van der Waals surface area contributed by atoms with E-state index in [2.05, 4.69) is 55.4 Å². The second-order valence-electron chi connectivity index (χ2n) is 11.0. The number of hydrogen-bond donors (Lipinski definition) is 0. The quantitative estimate of drug-likeness (QED) is 0.441. The van der Waals surface area contributed by atoms with Crippen LogP contribution in [0.15, 0.2) is 0 Å². The molecule has 0 heterocycles. The van der Waals surface area contributed by atoms with Gasteiger partial charge in [-0.25, -0.2) is 0 Å². The largest absolute Gasteiger partial charge is 0.0654 e. The van der Waals surface area contributed by atoms with E-state index in [0.717, 1.165) is 47.3 Å². The van der Waals surface area contributed by atoms with E-state index in [1.807, 2.05) is 0 Å². The molecule has 0 aromatic heterocycles. The lowest BCUT2D eigenvalue weighted by Crippen LogP contribution is -2.46. The summed E-state index contributed by atoms with van der Waals surface area (Å²) in [6.45, 7) is 18.4. The Morgan fingerprint density at radius 1 is 0.615 bits per heavy atom. The minimum atomic E-state index is 0.898. The van der Waals surface area contributed by atoms with Crippen LogP contribution in [-0.2, 0) is 0 Å². The molecule has 4 saturated carbocycles. The lowest BCUT2D eigenvalue weighted by atomic mass is 9.50. The highest BCUT2D eigenvalue weighted by molar-refractivity contribution is 4.98. The third-order valence-corrected chi connectivity index (χ3v) is 7.07. The Labute approximate surface area is 167 Å². The Balaban J connectivity index is 0.000000224. The van der Waals surface area contributed by atoms with Gasteiger partial charge >= 0.3 is 0 Å². The van der Waals surface area contributed by atoms with Gasteiger partial charge in [-0.15, -0.1) is 0 Å². The first-order valence-corrected chi connectivity index (χ1v) is 12.3. The van der Waals surface area contributed by atoms with Crippen molar-refractivity contribution in [2.75, 3.05) is 0 Å². The van der Waals surface area contributed by atoms with E-state index in [1.54, 1.807) is 32.1 Å². The molecule has 0 radical (unpaired) electrons. The van der Waals surface area contributed by atoms with Crippen LogP contribution in [0.2, 0.25) is 0 Å². The fourth-order valence-electron chi connectivity index (χ4n) is 6.25. The molecule has 4 fully saturated rings. The van der Waals surface area contributed by atoms with E-state index in [9.17, 15) is 0 Å². The molecule has 4 rings (SSSR count). The summed E-state index contributed by atoms with van der Waals surface area (Å²) in [7, 11) is 0. The Morgan fingerprint density at radius 2 is 1.08 bits per heavy atom. The van der Waals surface area contributed by atoms with Gasteiger partial charge in [-0.3, -0.25) is 0 Å². The fraction of sp³-hybridized carbons (Fsp3) is 1.00. The van der Waals surface area contributed by atoms with Crippen molar-refractivity contribution in [2.45, 2.75) is 120 Å². The zero-order valence-corrected chi connectivity index (χ0v) is 19.7. The topological polar surface area (TPSA) is 0 Å². The summed E-state index contributed by atoms with van der Waals surface area (Å²) in [4.78, 5) is 0. The summed E-state index contributed by atoms with van der Waals surface area (Å²) in [5, 5.41) is 0. The first kappa shape index (κ1) is 24.0. The summed E-state index contributed by atoms with van der Waals surface area (Å²) >= 11 is 0. The van der Waals surface area contributed by atoms with Gasteiger partial charge in [0, 0.05) is 0 Å². The molecule has 0 spiro atoms. The lowest BCUT2D eigenvalue weighted by molar-refractivity contribution is -0.0552. The van der Waals surface area contributed by atoms with Gasteiger partial charge in [0.05, 0.1) is 0 Å². The van der Waals surface area contributed by atoms with Gasteiger partial charge in [-0.1, -0.05) is 87.5 Å². The van der Waals surface area contributed by atoms with Gasteiger partial charge in [0.25, 0.3) is 0 Å². The summed E-state index contributed by atoms with van der Waals surface area (Å²) < 4.78 is 0. The summed E-state index contributed by atoms with van der Waals surface area (Å²) in [5.74, 6) is 8.43. The molecule has 0 atom stereocenters. The third kappa shape index (κ3) is 8.35. The molecule has 0 unspecified atom stereocenters. The highest BCUT2D eigenvalue weighted by Crippen LogP contribution is 2.58. The zero-order chi connectivity index (χ0) is 19.7. The van der Waals surface area contributed by atoms with Crippen LogP contribution in [0.4, 0.5) is 0 Å². The molecule has 4 aliphatic rings. The molecule has 0 aliphatic heterocycles. The zero-order valence-electron chi connectivity index (χ0n) is 19.7. The predicted octanol–water partition coefficient (Wildman–Crippen LogP) is 8.99. The van der Waals surface area contributed by atoms with Crippen LogP contribution < -0.4 is 0 Å². The van der Waals surface area contributed by atoms with E-state index in [4.69, 9.17) is 0 Å². The monoisotopic (exact) mass is 364 g/mol. The van der Waals surface area contributed by atoms with Crippen molar-refractivity contribution in [3.8, 4) is 0 Å². The van der Waals surface area contributed by atoms with Crippen LogP contribution in [0, 0.1) is 47.3 Å². The predicted molar refractivity (Wildman–Crippen MR) is 119 cm³/mol. The molecule has 0 saturated heterocycles. The Kier molecular flexibility index (Phi) is 11.5. The maximum Gasteiger partial charge on any atom is -0.0334 e. The summed E-state index contributed by atoms with van der Waals surface area (Å²) in [5.41, 5.74) is 0. The van der Waals surface area contributed by atoms with Gasteiger partial charge in [0.2, 0.25) is 0 Å². The van der Waals surface area contributed by atoms with E-state index < -0.39 is 0 Å².